The van der Waals surface area contributed by atoms with Crippen molar-refractivity contribution in [3.8, 4) is 5.75 Å². The Hall–Kier alpha value is -1.19. The summed E-state index contributed by atoms with van der Waals surface area (Å²) in [5.74, 6) is 0.831. The van der Waals surface area contributed by atoms with E-state index in [2.05, 4.69) is 15.9 Å². The zero-order valence-corrected chi connectivity index (χ0v) is 12.3. The Balaban J connectivity index is 2.11. The minimum Gasteiger partial charge on any atom is -0.489 e. The number of ether oxygens (including phenoxy) is 1. The second-order valence-electron chi connectivity index (χ2n) is 4.09. The predicted molar refractivity (Wildman–Crippen MR) is 79.1 cm³/mol. The van der Waals surface area contributed by atoms with Crippen molar-refractivity contribution in [2.24, 2.45) is 0 Å². The highest BCUT2D eigenvalue weighted by Crippen LogP contribution is 2.24. The summed E-state index contributed by atoms with van der Waals surface area (Å²) in [5.41, 5.74) is 8.54. The van der Waals surface area contributed by atoms with Gasteiger partial charge in [0.25, 0.3) is 0 Å². The van der Waals surface area contributed by atoms with Gasteiger partial charge in [-0.3, -0.25) is 0 Å². The monoisotopic (exact) mass is 325 g/mol. The molecule has 94 valence electrons. The standard InChI is InChI=1S/C14H13BrClNO/c1-9-4-12(16)2-3-14(9)18-8-10-5-11(15)7-13(17)6-10/h2-7H,8,17H2,1H3. The van der Waals surface area contributed by atoms with E-state index in [1.807, 2.05) is 43.3 Å². The molecule has 2 aromatic rings. The molecule has 0 spiro atoms. The molecule has 0 bridgehead atoms. The first kappa shape index (κ1) is 13.2. The molecule has 0 atom stereocenters. The molecule has 0 unspecified atom stereocenters. The largest absolute Gasteiger partial charge is 0.489 e. The number of halogens is 2. The smallest absolute Gasteiger partial charge is 0.122 e. The predicted octanol–water partition coefficient (Wildman–Crippen LogP) is 4.57. The fraction of sp³-hybridized carbons (Fsp3) is 0.143. The van der Waals surface area contributed by atoms with Gasteiger partial charge in [-0.15, -0.1) is 0 Å². The van der Waals surface area contributed by atoms with E-state index in [1.54, 1.807) is 0 Å². The maximum Gasteiger partial charge on any atom is 0.122 e. The Morgan fingerprint density at radius 3 is 2.67 bits per heavy atom. The van der Waals surface area contributed by atoms with E-state index in [0.29, 0.717) is 11.6 Å². The van der Waals surface area contributed by atoms with Crippen LogP contribution in [0.1, 0.15) is 11.1 Å². The number of aryl methyl sites for hydroxylation is 1. The van der Waals surface area contributed by atoms with E-state index in [1.165, 1.54) is 0 Å². The molecule has 0 heterocycles. The summed E-state index contributed by atoms with van der Waals surface area (Å²) in [6.07, 6.45) is 0. The summed E-state index contributed by atoms with van der Waals surface area (Å²) >= 11 is 9.31. The molecule has 18 heavy (non-hydrogen) atoms. The van der Waals surface area contributed by atoms with E-state index in [0.717, 1.165) is 27.0 Å². The maximum atomic E-state index is 5.90. The van der Waals surface area contributed by atoms with Crippen molar-refractivity contribution in [1.82, 2.24) is 0 Å². The quantitative estimate of drug-likeness (QED) is 0.838. The topological polar surface area (TPSA) is 35.2 Å². The summed E-state index contributed by atoms with van der Waals surface area (Å²) in [7, 11) is 0. The van der Waals surface area contributed by atoms with Gasteiger partial charge in [0.15, 0.2) is 0 Å². The molecular weight excluding hydrogens is 314 g/mol. The SMILES string of the molecule is Cc1cc(Cl)ccc1OCc1cc(N)cc(Br)c1. The molecule has 0 aliphatic heterocycles. The molecule has 0 aromatic heterocycles. The van der Waals surface area contributed by atoms with E-state index < -0.39 is 0 Å². The zero-order valence-electron chi connectivity index (χ0n) is 9.91. The van der Waals surface area contributed by atoms with Gasteiger partial charge in [-0.2, -0.15) is 0 Å². The first-order valence-corrected chi connectivity index (χ1v) is 6.65. The lowest BCUT2D eigenvalue weighted by atomic mass is 10.2. The normalized spacial score (nSPS) is 10.4. The third-order valence-electron chi connectivity index (χ3n) is 2.51. The van der Waals surface area contributed by atoms with Gasteiger partial charge in [-0.25, -0.2) is 0 Å². The highest BCUT2D eigenvalue weighted by molar-refractivity contribution is 9.10. The van der Waals surface area contributed by atoms with Gasteiger partial charge in [0.1, 0.15) is 12.4 Å². The molecule has 2 N–H and O–H groups in total. The van der Waals surface area contributed by atoms with Crippen molar-refractivity contribution >= 4 is 33.2 Å². The molecule has 4 heteroatoms. The molecule has 0 aliphatic rings. The summed E-state index contributed by atoms with van der Waals surface area (Å²) in [5, 5.41) is 0.714. The van der Waals surface area contributed by atoms with Crippen molar-refractivity contribution in [3.63, 3.8) is 0 Å². The zero-order chi connectivity index (χ0) is 13.1. The fourth-order valence-electron chi connectivity index (χ4n) is 1.69. The molecule has 2 aromatic carbocycles. The number of nitrogen functional groups attached to an aromatic ring is 1. The highest BCUT2D eigenvalue weighted by atomic mass is 79.9. The van der Waals surface area contributed by atoms with Crippen LogP contribution in [0.15, 0.2) is 40.9 Å². The number of benzene rings is 2. The number of rotatable bonds is 3. The van der Waals surface area contributed by atoms with Crippen LogP contribution in [0.3, 0.4) is 0 Å². The van der Waals surface area contributed by atoms with Gasteiger partial charge in [0.2, 0.25) is 0 Å². The maximum absolute atomic E-state index is 5.90. The number of anilines is 1. The van der Waals surface area contributed by atoms with Gasteiger partial charge >= 0.3 is 0 Å². The lowest BCUT2D eigenvalue weighted by molar-refractivity contribution is 0.304. The Morgan fingerprint density at radius 1 is 1.22 bits per heavy atom. The van der Waals surface area contributed by atoms with Crippen molar-refractivity contribution in [2.75, 3.05) is 5.73 Å². The van der Waals surface area contributed by atoms with E-state index >= 15 is 0 Å². The summed E-state index contributed by atoms with van der Waals surface area (Å²) in [4.78, 5) is 0. The number of hydrogen-bond acceptors (Lipinski definition) is 2. The lowest BCUT2D eigenvalue weighted by Crippen LogP contribution is -1.98. The van der Waals surface area contributed by atoms with Crippen LogP contribution in [0, 0.1) is 6.92 Å². The average Bonchev–Trinajstić information content (AvgIpc) is 2.26. The average molecular weight is 327 g/mol. The van der Waals surface area contributed by atoms with Crippen LogP contribution in [0.25, 0.3) is 0 Å². The van der Waals surface area contributed by atoms with Gasteiger partial charge in [-0.05, 0) is 54.4 Å². The molecule has 0 aliphatic carbocycles. The Labute approximate surface area is 120 Å². The Kier molecular flexibility index (Phi) is 4.15. The molecule has 2 rings (SSSR count). The highest BCUT2D eigenvalue weighted by Gasteiger charge is 2.02. The van der Waals surface area contributed by atoms with Crippen LogP contribution >= 0.6 is 27.5 Å². The van der Waals surface area contributed by atoms with Crippen LogP contribution in [-0.4, -0.2) is 0 Å². The Bertz CT molecular complexity index is 551. The van der Waals surface area contributed by atoms with Gasteiger partial charge < -0.3 is 10.5 Å². The summed E-state index contributed by atoms with van der Waals surface area (Å²) in [6.45, 7) is 2.45. The third-order valence-corrected chi connectivity index (χ3v) is 3.20. The van der Waals surface area contributed by atoms with E-state index in [9.17, 15) is 0 Å². The molecule has 0 saturated carbocycles. The summed E-state index contributed by atoms with van der Waals surface area (Å²) in [6, 6.07) is 11.3. The van der Waals surface area contributed by atoms with Gasteiger partial charge in [0.05, 0.1) is 0 Å². The molecule has 0 amide bonds. The lowest BCUT2D eigenvalue weighted by Gasteiger charge is -2.10. The van der Waals surface area contributed by atoms with Crippen LogP contribution in [0.4, 0.5) is 5.69 Å². The van der Waals surface area contributed by atoms with Crippen LogP contribution in [-0.2, 0) is 6.61 Å². The van der Waals surface area contributed by atoms with Gasteiger partial charge in [0, 0.05) is 15.2 Å². The van der Waals surface area contributed by atoms with Crippen molar-refractivity contribution in [3.05, 3.63) is 57.0 Å². The van der Waals surface area contributed by atoms with Crippen molar-refractivity contribution in [2.45, 2.75) is 13.5 Å². The van der Waals surface area contributed by atoms with Crippen molar-refractivity contribution in [1.29, 1.82) is 0 Å². The molecule has 2 nitrogen and oxygen atoms in total. The second kappa shape index (κ2) is 5.63. The van der Waals surface area contributed by atoms with Crippen molar-refractivity contribution < 1.29 is 4.74 Å². The molecular formula is C14H13BrClNO. The van der Waals surface area contributed by atoms with Crippen LogP contribution in [0.5, 0.6) is 5.75 Å². The van der Waals surface area contributed by atoms with Gasteiger partial charge in [-0.1, -0.05) is 27.5 Å². The van der Waals surface area contributed by atoms with Crippen LogP contribution in [0.2, 0.25) is 5.02 Å². The molecule has 0 fully saturated rings. The third kappa shape index (κ3) is 3.40. The first-order valence-electron chi connectivity index (χ1n) is 5.48. The summed E-state index contributed by atoms with van der Waals surface area (Å²) < 4.78 is 6.71. The fourth-order valence-corrected chi connectivity index (χ4v) is 2.48. The van der Waals surface area contributed by atoms with Crippen LogP contribution < -0.4 is 10.5 Å². The van der Waals surface area contributed by atoms with E-state index in [-0.39, 0.29) is 0 Å². The molecule has 0 saturated heterocycles. The number of nitrogens with two attached hydrogens (primary N) is 1. The minimum absolute atomic E-state index is 0.478. The van der Waals surface area contributed by atoms with E-state index in [4.69, 9.17) is 22.1 Å². The Morgan fingerprint density at radius 2 is 2.00 bits per heavy atom. The number of hydrogen-bond donors (Lipinski definition) is 1. The minimum atomic E-state index is 0.478. The molecule has 0 radical (unpaired) electrons. The first-order chi connectivity index (χ1) is 8.54. The second-order valence-corrected chi connectivity index (χ2v) is 5.44.